The van der Waals surface area contributed by atoms with Crippen LogP contribution in [0.2, 0.25) is 0 Å². The van der Waals surface area contributed by atoms with Crippen molar-refractivity contribution >= 4 is 17.5 Å². The van der Waals surface area contributed by atoms with Gasteiger partial charge in [0.1, 0.15) is 12.3 Å². The Bertz CT molecular complexity index is 686. The van der Waals surface area contributed by atoms with E-state index < -0.39 is 0 Å². The number of carbonyl (C=O) groups is 2. The molecule has 0 bridgehead atoms. The third kappa shape index (κ3) is 4.59. The van der Waals surface area contributed by atoms with Gasteiger partial charge in [0.2, 0.25) is 5.91 Å². The Kier molecular flexibility index (Phi) is 6.37. The largest absolute Gasteiger partial charge is 0.495 e. The normalized spacial score (nSPS) is 10.1. The van der Waals surface area contributed by atoms with Gasteiger partial charge in [-0.3, -0.25) is 9.59 Å². The fourth-order valence-corrected chi connectivity index (χ4v) is 2.40. The van der Waals surface area contributed by atoms with E-state index in [0.717, 1.165) is 6.42 Å². The van der Waals surface area contributed by atoms with E-state index in [2.05, 4.69) is 5.32 Å². The van der Waals surface area contributed by atoms with Gasteiger partial charge in [0.05, 0.1) is 12.8 Å². The summed E-state index contributed by atoms with van der Waals surface area (Å²) in [6.07, 6.45) is 0.778. The van der Waals surface area contributed by atoms with Crippen LogP contribution >= 0.6 is 0 Å². The van der Waals surface area contributed by atoms with Gasteiger partial charge in [-0.1, -0.05) is 37.3 Å². The lowest BCUT2D eigenvalue weighted by Gasteiger charge is -2.22. The van der Waals surface area contributed by atoms with Crippen molar-refractivity contribution in [2.45, 2.75) is 13.3 Å². The van der Waals surface area contributed by atoms with Gasteiger partial charge in [-0.25, -0.2) is 0 Å². The number of para-hydroxylation sites is 2. The number of hydrogen-bond donors (Lipinski definition) is 1. The summed E-state index contributed by atoms with van der Waals surface area (Å²) in [5, 5.41) is 2.80. The van der Waals surface area contributed by atoms with Crippen molar-refractivity contribution in [1.29, 1.82) is 0 Å². The van der Waals surface area contributed by atoms with E-state index in [0.29, 0.717) is 23.5 Å². The third-order valence-electron chi connectivity index (χ3n) is 3.52. The Labute approximate surface area is 142 Å². The van der Waals surface area contributed by atoms with Gasteiger partial charge >= 0.3 is 0 Å². The van der Waals surface area contributed by atoms with Crippen LogP contribution in [0.25, 0.3) is 0 Å². The number of carbonyl (C=O) groups excluding carboxylic acids is 2. The van der Waals surface area contributed by atoms with Crippen LogP contribution in [0.3, 0.4) is 0 Å². The SMILES string of the molecule is CCCN(CC(=O)Nc1ccccc1OC)C(=O)c1ccccc1. The number of nitrogens with zero attached hydrogens (tertiary/aromatic N) is 1. The lowest BCUT2D eigenvalue weighted by Crippen LogP contribution is -2.38. The van der Waals surface area contributed by atoms with Gasteiger partial charge in [-0.15, -0.1) is 0 Å². The first-order valence-corrected chi connectivity index (χ1v) is 7.93. The molecule has 1 N–H and O–H groups in total. The van der Waals surface area contributed by atoms with Crippen molar-refractivity contribution in [3.05, 3.63) is 60.2 Å². The molecule has 5 heteroatoms. The molecule has 0 unspecified atom stereocenters. The molecular weight excluding hydrogens is 304 g/mol. The molecule has 126 valence electrons. The summed E-state index contributed by atoms with van der Waals surface area (Å²) in [6.45, 7) is 2.50. The topological polar surface area (TPSA) is 58.6 Å². The summed E-state index contributed by atoms with van der Waals surface area (Å²) in [5.74, 6) is 0.187. The summed E-state index contributed by atoms with van der Waals surface area (Å²) >= 11 is 0. The highest BCUT2D eigenvalue weighted by Crippen LogP contribution is 2.22. The number of benzene rings is 2. The summed E-state index contributed by atoms with van der Waals surface area (Å²) in [4.78, 5) is 26.5. The number of rotatable bonds is 7. The molecule has 0 aliphatic rings. The zero-order valence-electron chi connectivity index (χ0n) is 14.0. The highest BCUT2D eigenvalue weighted by Gasteiger charge is 2.18. The summed E-state index contributed by atoms with van der Waals surface area (Å²) in [5.41, 5.74) is 1.17. The fraction of sp³-hybridized carbons (Fsp3) is 0.263. The fourth-order valence-electron chi connectivity index (χ4n) is 2.40. The lowest BCUT2D eigenvalue weighted by atomic mass is 10.2. The summed E-state index contributed by atoms with van der Waals surface area (Å²) < 4.78 is 5.22. The molecule has 2 amide bonds. The average Bonchev–Trinajstić information content (AvgIpc) is 2.62. The molecule has 0 saturated heterocycles. The second kappa shape index (κ2) is 8.72. The molecule has 0 heterocycles. The quantitative estimate of drug-likeness (QED) is 0.850. The van der Waals surface area contributed by atoms with Gasteiger partial charge in [-0.05, 0) is 30.7 Å². The van der Waals surface area contributed by atoms with Crippen LogP contribution in [-0.2, 0) is 4.79 Å². The minimum Gasteiger partial charge on any atom is -0.495 e. The van der Waals surface area contributed by atoms with E-state index in [1.807, 2.05) is 37.3 Å². The van der Waals surface area contributed by atoms with Crippen LogP contribution < -0.4 is 10.1 Å². The maximum Gasteiger partial charge on any atom is 0.254 e. The van der Waals surface area contributed by atoms with E-state index in [1.54, 1.807) is 36.3 Å². The summed E-state index contributed by atoms with van der Waals surface area (Å²) in [6, 6.07) is 16.2. The molecular formula is C19H22N2O3. The van der Waals surface area contributed by atoms with Crippen molar-refractivity contribution in [2.24, 2.45) is 0 Å². The minimum absolute atomic E-state index is 0.000381. The van der Waals surface area contributed by atoms with Gasteiger partial charge in [0, 0.05) is 12.1 Å². The predicted octanol–water partition coefficient (Wildman–Crippen LogP) is 3.19. The lowest BCUT2D eigenvalue weighted by molar-refractivity contribution is -0.116. The number of ether oxygens (including phenoxy) is 1. The van der Waals surface area contributed by atoms with E-state index in [1.165, 1.54) is 0 Å². The van der Waals surface area contributed by atoms with E-state index in [9.17, 15) is 9.59 Å². The molecule has 2 aromatic carbocycles. The Morgan fingerprint density at radius 1 is 1.04 bits per heavy atom. The van der Waals surface area contributed by atoms with Crippen LogP contribution in [0, 0.1) is 0 Å². The molecule has 0 spiro atoms. The van der Waals surface area contributed by atoms with E-state index in [-0.39, 0.29) is 18.4 Å². The molecule has 0 aromatic heterocycles. The molecule has 0 atom stereocenters. The van der Waals surface area contributed by atoms with Crippen molar-refractivity contribution in [2.75, 3.05) is 25.5 Å². The molecule has 24 heavy (non-hydrogen) atoms. The van der Waals surface area contributed by atoms with Crippen LogP contribution in [0.4, 0.5) is 5.69 Å². The van der Waals surface area contributed by atoms with Crippen molar-refractivity contribution in [3.8, 4) is 5.75 Å². The Morgan fingerprint density at radius 2 is 1.71 bits per heavy atom. The minimum atomic E-state index is -0.253. The molecule has 0 radical (unpaired) electrons. The standard InChI is InChI=1S/C19H22N2O3/c1-3-13-21(19(23)15-9-5-4-6-10-15)14-18(22)20-16-11-7-8-12-17(16)24-2/h4-12H,3,13-14H2,1-2H3,(H,20,22). The van der Waals surface area contributed by atoms with E-state index in [4.69, 9.17) is 4.74 Å². The first kappa shape index (κ1) is 17.5. The molecule has 0 aliphatic carbocycles. The van der Waals surface area contributed by atoms with Crippen LogP contribution in [0.5, 0.6) is 5.75 Å². The van der Waals surface area contributed by atoms with E-state index >= 15 is 0 Å². The second-order valence-corrected chi connectivity index (χ2v) is 5.34. The zero-order chi connectivity index (χ0) is 17.4. The van der Waals surface area contributed by atoms with Crippen molar-refractivity contribution in [1.82, 2.24) is 4.90 Å². The monoisotopic (exact) mass is 326 g/mol. The molecule has 2 rings (SSSR count). The predicted molar refractivity (Wildman–Crippen MR) is 94.3 cm³/mol. The smallest absolute Gasteiger partial charge is 0.254 e. The first-order chi connectivity index (χ1) is 11.7. The van der Waals surface area contributed by atoms with Crippen molar-refractivity contribution in [3.63, 3.8) is 0 Å². The van der Waals surface area contributed by atoms with Gasteiger partial charge < -0.3 is 15.0 Å². The average molecular weight is 326 g/mol. The maximum atomic E-state index is 12.6. The first-order valence-electron chi connectivity index (χ1n) is 7.93. The van der Waals surface area contributed by atoms with Crippen LogP contribution in [0.1, 0.15) is 23.7 Å². The second-order valence-electron chi connectivity index (χ2n) is 5.34. The number of hydrogen-bond acceptors (Lipinski definition) is 3. The number of anilines is 1. The Balaban J connectivity index is 2.07. The third-order valence-corrected chi connectivity index (χ3v) is 3.52. The van der Waals surface area contributed by atoms with Gasteiger partial charge in [0.25, 0.3) is 5.91 Å². The molecule has 0 aliphatic heterocycles. The number of methoxy groups -OCH3 is 1. The number of nitrogens with one attached hydrogen (secondary N) is 1. The highest BCUT2D eigenvalue weighted by atomic mass is 16.5. The Morgan fingerprint density at radius 3 is 2.38 bits per heavy atom. The molecule has 0 fully saturated rings. The summed E-state index contributed by atoms with van der Waals surface area (Å²) in [7, 11) is 1.55. The van der Waals surface area contributed by atoms with Crippen molar-refractivity contribution < 1.29 is 14.3 Å². The molecule has 5 nitrogen and oxygen atoms in total. The van der Waals surface area contributed by atoms with Crippen LogP contribution in [0.15, 0.2) is 54.6 Å². The molecule has 2 aromatic rings. The Hall–Kier alpha value is -2.82. The van der Waals surface area contributed by atoms with Crippen LogP contribution in [-0.4, -0.2) is 36.9 Å². The van der Waals surface area contributed by atoms with Gasteiger partial charge in [-0.2, -0.15) is 0 Å². The van der Waals surface area contributed by atoms with Gasteiger partial charge in [0.15, 0.2) is 0 Å². The molecule has 0 saturated carbocycles. The maximum absolute atomic E-state index is 12.6. The number of amides is 2. The highest BCUT2D eigenvalue weighted by molar-refractivity contribution is 5.99. The zero-order valence-corrected chi connectivity index (χ0v) is 14.0.